The van der Waals surface area contributed by atoms with Crippen LogP contribution in [0.4, 0.5) is 19.0 Å². The molecule has 0 aromatic carbocycles. The molecule has 5 nitrogen and oxygen atoms in total. The molecule has 1 aliphatic carbocycles. The monoisotopic (exact) mass is 426 g/mol. The Balaban J connectivity index is 1.95. The normalized spacial score (nSPS) is 15.6. The number of hydrogen-bond acceptors (Lipinski definition) is 5. The predicted molar refractivity (Wildman–Crippen MR) is 108 cm³/mol. The molecule has 2 heterocycles. The fourth-order valence-corrected chi connectivity index (χ4v) is 4.38. The van der Waals surface area contributed by atoms with Gasteiger partial charge >= 0.3 is 6.18 Å². The van der Waals surface area contributed by atoms with Crippen LogP contribution in [0.2, 0.25) is 0 Å². The largest absolute Gasteiger partial charge is 0.417 e. The summed E-state index contributed by atoms with van der Waals surface area (Å²) in [6, 6.07) is 1.13. The zero-order chi connectivity index (χ0) is 21.4. The van der Waals surface area contributed by atoms with Gasteiger partial charge in [-0.3, -0.25) is 4.79 Å². The molecular weight excluding hydrogens is 401 g/mol. The van der Waals surface area contributed by atoms with Crippen molar-refractivity contribution in [3.05, 3.63) is 28.5 Å². The average Bonchev–Trinajstić information content (AvgIpc) is 3.22. The number of amides is 1. The first-order chi connectivity index (χ1) is 13.4. The van der Waals surface area contributed by atoms with Gasteiger partial charge in [0.1, 0.15) is 5.82 Å². The van der Waals surface area contributed by atoms with Crippen LogP contribution >= 0.6 is 11.3 Å². The van der Waals surface area contributed by atoms with Crippen molar-refractivity contribution in [2.45, 2.75) is 71.1 Å². The van der Waals surface area contributed by atoms with Gasteiger partial charge in [-0.05, 0) is 46.6 Å². The molecule has 158 valence electrons. The zero-order valence-electron chi connectivity index (χ0n) is 16.9. The molecule has 1 aliphatic rings. The highest BCUT2D eigenvalue weighted by Crippen LogP contribution is 2.41. The topological polar surface area (TPSA) is 66.9 Å². The Morgan fingerprint density at radius 3 is 2.45 bits per heavy atom. The number of halogens is 3. The summed E-state index contributed by atoms with van der Waals surface area (Å²) < 4.78 is 41.3. The van der Waals surface area contributed by atoms with Crippen molar-refractivity contribution in [2.75, 3.05) is 5.32 Å². The van der Waals surface area contributed by atoms with Gasteiger partial charge in [0.2, 0.25) is 0 Å². The van der Waals surface area contributed by atoms with Gasteiger partial charge in [-0.1, -0.05) is 12.8 Å². The van der Waals surface area contributed by atoms with Gasteiger partial charge in [0.25, 0.3) is 5.91 Å². The minimum Gasteiger partial charge on any atom is -0.365 e. The predicted octanol–water partition coefficient (Wildman–Crippen LogP) is 5.42. The molecule has 2 aromatic heterocycles. The second kappa shape index (κ2) is 7.93. The third kappa shape index (κ3) is 5.26. The number of thiazole rings is 1. The Morgan fingerprint density at radius 1 is 1.21 bits per heavy atom. The van der Waals surface area contributed by atoms with E-state index in [-0.39, 0.29) is 28.3 Å². The van der Waals surface area contributed by atoms with E-state index in [1.54, 1.807) is 6.92 Å². The quantitative estimate of drug-likeness (QED) is 0.686. The molecule has 0 spiro atoms. The molecule has 2 N–H and O–H groups in total. The van der Waals surface area contributed by atoms with Crippen LogP contribution in [0.25, 0.3) is 10.4 Å². The van der Waals surface area contributed by atoms with Crippen LogP contribution in [-0.4, -0.2) is 27.5 Å². The summed E-state index contributed by atoms with van der Waals surface area (Å²) in [4.78, 5) is 21.2. The average molecular weight is 427 g/mol. The second-order valence-electron chi connectivity index (χ2n) is 8.38. The number of carbonyl (C=O) groups is 1. The Kier molecular flexibility index (Phi) is 5.89. The molecule has 0 unspecified atom stereocenters. The van der Waals surface area contributed by atoms with Gasteiger partial charge < -0.3 is 10.6 Å². The van der Waals surface area contributed by atoms with E-state index in [1.165, 1.54) is 6.20 Å². The summed E-state index contributed by atoms with van der Waals surface area (Å²) in [5.41, 5.74) is -0.903. The third-order valence-electron chi connectivity index (χ3n) is 4.64. The van der Waals surface area contributed by atoms with Crippen LogP contribution in [0, 0.1) is 6.92 Å². The van der Waals surface area contributed by atoms with Gasteiger partial charge in [-0.15, -0.1) is 11.3 Å². The fourth-order valence-electron chi connectivity index (χ4n) is 3.38. The third-order valence-corrected chi connectivity index (χ3v) is 5.83. The number of anilines is 1. The lowest BCUT2D eigenvalue weighted by atomic mass is 10.1. The highest BCUT2D eigenvalue weighted by molar-refractivity contribution is 7.17. The summed E-state index contributed by atoms with van der Waals surface area (Å²) in [6.45, 7) is 7.15. The van der Waals surface area contributed by atoms with E-state index in [0.29, 0.717) is 10.6 Å². The summed E-state index contributed by atoms with van der Waals surface area (Å²) in [7, 11) is 0. The summed E-state index contributed by atoms with van der Waals surface area (Å²) in [5, 5.41) is 6.07. The number of nitrogens with one attached hydrogen (secondary N) is 2. The lowest BCUT2D eigenvalue weighted by Crippen LogP contribution is -2.32. The second-order valence-corrected chi connectivity index (χ2v) is 9.38. The molecule has 0 aliphatic heterocycles. The number of hydrogen-bond donors (Lipinski definition) is 2. The highest BCUT2D eigenvalue weighted by Gasteiger charge is 2.36. The standard InChI is InChI=1S/C20H25F3N4OS/c1-11-16(29-18(25-11)17(28)26-12-7-5-6-8-12)13-10-24-15(27-19(2,3)4)9-14(13)20(21,22)23/h9-10,12H,5-8H2,1-4H3,(H,24,27)(H,26,28). The van der Waals surface area contributed by atoms with Crippen LogP contribution in [0.3, 0.4) is 0 Å². The SMILES string of the molecule is Cc1nc(C(=O)NC2CCCC2)sc1-c1cnc(NC(C)(C)C)cc1C(F)(F)F. The molecule has 1 saturated carbocycles. The number of alkyl halides is 3. The van der Waals surface area contributed by atoms with E-state index in [1.807, 2.05) is 20.8 Å². The maximum Gasteiger partial charge on any atom is 0.417 e. The van der Waals surface area contributed by atoms with Crippen molar-refractivity contribution in [2.24, 2.45) is 0 Å². The Labute approximate surface area is 172 Å². The van der Waals surface area contributed by atoms with Gasteiger partial charge in [-0.2, -0.15) is 13.2 Å². The maximum atomic E-state index is 13.8. The summed E-state index contributed by atoms with van der Waals surface area (Å²) in [6.07, 6.45) is 0.636. The molecule has 0 radical (unpaired) electrons. The lowest BCUT2D eigenvalue weighted by molar-refractivity contribution is -0.137. The number of aryl methyl sites for hydroxylation is 1. The molecule has 3 rings (SSSR count). The van der Waals surface area contributed by atoms with Crippen molar-refractivity contribution in [3.8, 4) is 10.4 Å². The van der Waals surface area contributed by atoms with Gasteiger partial charge in [-0.25, -0.2) is 9.97 Å². The zero-order valence-corrected chi connectivity index (χ0v) is 17.7. The van der Waals surface area contributed by atoms with E-state index in [2.05, 4.69) is 20.6 Å². The summed E-state index contributed by atoms with van der Waals surface area (Å²) >= 11 is 0.970. The lowest BCUT2D eigenvalue weighted by Gasteiger charge is -2.22. The number of carbonyl (C=O) groups excluding carboxylic acids is 1. The minimum atomic E-state index is -4.56. The fraction of sp³-hybridized carbons (Fsp3) is 0.550. The van der Waals surface area contributed by atoms with Crippen LogP contribution in [0.5, 0.6) is 0 Å². The van der Waals surface area contributed by atoms with Crippen molar-refractivity contribution in [3.63, 3.8) is 0 Å². The van der Waals surface area contributed by atoms with Crippen LogP contribution in [0.1, 0.15) is 67.5 Å². The molecular formula is C20H25F3N4OS. The van der Waals surface area contributed by atoms with Gasteiger partial charge in [0.15, 0.2) is 5.01 Å². The Morgan fingerprint density at radius 2 is 1.86 bits per heavy atom. The molecule has 9 heteroatoms. The molecule has 29 heavy (non-hydrogen) atoms. The van der Waals surface area contributed by atoms with E-state index in [9.17, 15) is 18.0 Å². The van der Waals surface area contributed by atoms with E-state index in [4.69, 9.17) is 0 Å². The Hall–Kier alpha value is -2.16. The van der Waals surface area contributed by atoms with Gasteiger partial charge in [0, 0.05) is 23.3 Å². The highest BCUT2D eigenvalue weighted by atomic mass is 32.1. The molecule has 0 bridgehead atoms. The minimum absolute atomic E-state index is 0.0631. The van der Waals surface area contributed by atoms with Crippen molar-refractivity contribution >= 4 is 23.1 Å². The first kappa shape index (κ1) is 21.5. The van der Waals surface area contributed by atoms with Crippen LogP contribution < -0.4 is 10.6 Å². The first-order valence-electron chi connectivity index (χ1n) is 9.58. The molecule has 0 saturated heterocycles. The van der Waals surface area contributed by atoms with E-state index < -0.39 is 17.3 Å². The van der Waals surface area contributed by atoms with Crippen molar-refractivity contribution in [1.82, 2.24) is 15.3 Å². The molecule has 1 fully saturated rings. The Bertz CT molecular complexity index is 896. The van der Waals surface area contributed by atoms with Crippen LogP contribution in [-0.2, 0) is 6.18 Å². The maximum absolute atomic E-state index is 13.8. The number of pyridine rings is 1. The molecule has 1 amide bonds. The number of rotatable bonds is 4. The van der Waals surface area contributed by atoms with E-state index >= 15 is 0 Å². The summed E-state index contributed by atoms with van der Waals surface area (Å²) in [5.74, 6) is -0.182. The van der Waals surface area contributed by atoms with E-state index in [0.717, 1.165) is 43.1 Å². The number of nitrogens with zero attached hydrogens (tertiary/aromatic N) is 2. The molecule has 0 atom stereocenters. The first-order valence-corrected chi connectivity index (χ1v) is 10.4. The van der Waals surface area contributed by atoms with Crippen molar-refractivity contribution in [1.29, 1.82) is 0 Å². The van der Waals surface area contributed by atoms with Crippen molar-refractivity contribution < 1.29 is 18.0 Å². The van der Waals surface area contributed by atoms with Gasteiger partial charge in [0.05, 0.1) is 16.1 Å². The van der Waals surface area contributed by atoms with Crippen LogP contribution in [0.15, 0.2) is 12.3 Å². The smallest absolute Gasteiger partial charge is 0.365 e. The number of aromatic nitrogens is 2. The molecule has 2 aromatic rings.